The van der Waals surface area contributed by atoms with Gasteiger partial charge in [0.15, 0.2) is 0 Å². The van der Waals surface area contributed by atoms with Crippen LogP contribution in [0.15, 0.2) is 30.6 Å². The fraction of sp³-hybridized carbons (Fsp3) is 0.467. The number of hydrogen-bond acceptors (Lipinski definition) is 4. The Morgan fingerprint density at radius 3 is 2.80 bits per heavy atom. The highest BCUT2D eigenvalue weighted by atomic mass is 15.4. The summed E-state index contributed by atoms with van der Waals surface area (Å²) in [4.78, 5) is 6.68. The Morgan fingerprint density at radius 1 is 1.35 bits per heavy atom. The molecule has 0 aliphatic heterocycles. The molecule has 0 atom stereocenters. The number of nitrogen functional groups attached to an aromatic ring is 1. The molecule has 0 aliphatic carbocycles. The second-order valence-corrected chi connectivity index (χ2v) is 5.23. The summed E-state index contributed by atoms with van der Waals surface area (Å²) in [5.41, 5.74) is 7.80. The zero-order valence-corrected chi connectivity index (χ0v) is 12.5. The van der Waals surface area contributed by atoms with Crippen LogP contribution in [-0.2, 0) is 6.54 Å². The number of nitrogens with zero attached hydrogens (tertiary/aromatic N) is 4. The van der Waals surface area contributed by atoms with Crippen molar-refractivity contribution >= 4 is 11.4 Å². The molecule has 2 aromatic rings. The molecule has 0 amide bonds. The minimum Gasteiger partial charge on any atom is -0.399 e. The zero-order valence-electron chi connectivity index (χ0n) is 12.5. The van der Waals surface area contributed by atoms with E-state index in [2.05, 4.69) is 41.8 Å². The van der Waals surface area contributed by atoms with E-state index in [0.717, 1.165) is 36.7 Å². The van der Waals surface area contributed by atoms with Crippen LogP contribution in [0.4, 0.5) is 11.4 Å². The first-order valence-electron chi connectivity index (χ1n) is 7.10. The van der Waals surface area contributed by atoms with Gasteiger partial charge >= 0.3 is 0 Å². The van der Waals surface area contributed by atoms with E-state index in [1.54, 1.807) is 6.33 Å². The van der Waals surface area contributed by atoms with Gasteiger partial charge in [0.2, 0.25) is 0 Å². The molecule has 0 unspecified atom stereocenters. The molecule has 1 heterocycles. The highest BCUT2D eigenvalue weighted by Crippen LogP contribution is 2.20. The maximum Gasteiger partial charge on any atom is 0.146 e. The van der Waals surface area contributed by atoms with E-state index in [1.165, 1.54) is 0 Å². The van der Waals surface area contributed by atoms with E-state index in [1.807, 2.05) is 22.9 Å². The van der Waals surface area contributed by atoms with Crippen molar-refractivity contribution in [3.05, 3.63) is 36.4 Å². The molecule has 0 saturated heterocycles. The molecule has 0 radical (unpaired) electrons. The standard InChI is InChI=1S/C15H23N5/c1-4-8-19(14-7-5-6-13(16)9-14)10-15-17-11-18-20(15)12(2)3/h5-7,9,11-12H,4,8,10,16H2,1-3H3. The normalized spacial score (nSPS) is 11.0. The van der Waals surface area contributed by atoms with Crippen LogP contribution in [0.5, 0.6) is 0 Å². The quantitative estimate of drug-likeness (QED) is 0.822. The number of benzene rings is 1. The first kappa shape index (κ1) is 14.4. The van der Waals surface area contributed by atoms with Gasteiger partial charge in [-0.25, -0.2) is 9.67 Å². The van der Waals surface area contributed by atoms with E-state index in [4.69, 9.17) is 5.73 Å². The second kappa shape index (κ2) is 6.41. The summed E-state index contributed by atoms with van der Waals surface area (Å²) < 4.78 is 1.97. The third-order valence-corrected chi connectivity index (χ3v) is 3.20. The molecule has 0 aliphatic rings. The Balaban J connectivity index is 2.23. The van der Waals surface area contributed by atoms with Crippen molar-refractivity contribution in [2.24, 2.45) is 0 Å². The van der Waals surface area contributed by atoms with Gasteiger partial charge in [0.25, 0.3) is 0 Å². The lowest BCUT2D eigenvalue weighted by molar-refractivity contribution is 0.500. The molecule has 20 heavy (non-hydrogen) atoms. The van der Waals surface area contributed by atoms with Crippen LogP contribution < -0.4 is 10.6 Å². The monoisotopic (exact) mass is 273 g/mol. The second-order valence-electron chi connectivity index (χ2n) is 5.23. The molecule has 2 N–H and O–H groups in total. The number of anilines is 2. The highest BCUT2D eigenvalue weighted by Gasteiger charge is 2.13. The SMILES string of the molecule is CCCN(Cc1ncnn1C(C)C)c1cccc(N)c1. The topological polar surface area (TPSA) is 60.0 Å². The Morgan fingerprint density at radius 2 is 2.15 bits per heavy atom. The van der Waals surface area contributed by atoms with Crippen LogP contribution >= 0.6 is 0 Å². The minimum absolute atomic E-state index is 0.316. The summed E-state index contributed by atoms with van der Waals surface area (Å²) in [6.45, 7) is 8.11. The highest BCUT2D eigenvalue weighted by molar-refractivity contribution is 5.55. The molecule has 0 spiro atoms. The van der Waals surface area contributed by atoms with Gasteiger partial charge in [-0.05, 0) is 38.5 Å². The molecule has 1 aromatic carbocycles. The molecule has 5 nitrogen and oxygen atoms in total. The smallest absolute Gasteiger partial charge is 0.146 e. The van der Waals surface area contributed by atoms with Gasteiger partial charge in [-0.2, -0.15) is 5.10 Å². The lowest BCUT2D eigenvalue weighted by Crippen LogP contribution is -2.26. The van der Waals surface area contributed by atoms with Crippen molar-refractivity contribution < 1.29 is 0 Å². The molecule has 5 heteroatoms. The van der Waals surface area contributed by atoms with Gasteiger partial charge in [0.1, 0.15) is 12.2 Å². The van der Waals surface area contributed by atoms with E-state index in [0.29, 0.717) is 6.04 Å². The summed E-state index contributed by atoms with van der Waals surface area (Å²) in [6, 6.07) is 8.30. The van der Waals surface area contributed by atoms with E-state index >= 15 is 0 Å². The first-order valence-corrected chi connectivity index (χ1v) is 7.10. The van der Waals surface area contributed by atoms with Crippen molar-refractivity contribution in [3.63, 3.8) is 0 Å². The van der Waals surface area contributed by atoms with Crippen molar-refractivity contribution in [3.8, 4) is 0 Å². The molecular weight excluding hydrogens is 250 g/mol. The van der Waals surface area contributed by atoms with Crippen molar-refractivity contribution in [1.82, 2.24) is 14.8 Å². The number of aromatic nitrogens is 3. The lowest BCUT2D eigenvalue weighted by atomic mass is 10.2. The largest absolute Gasteiger partial charge is 0.399 e. The van der Waals surface area contributed by atoms with Crippen LogP contribution in [0.1, 0.15) is 39.1 Å². The fourth-order valence-electron chi connectivity index (χ4n) is 2.28. The predicted molar refractivity (Wildman–Crippen MR) is 82.6 cm³/mol. The molecule has 0 saturated carbocycles. The van der Waals surface area contributed by atoms with Gasteiger partial charge in [0, 0.05) is 24.0 Å². The van der Waals surface area contributed by atoms with Gasteiger partial charge in [-0.1, -0.05) is 13.0 Å². The van der Waals surface area contributed by atoms with E-state index < -0.39 is 0 Å². The summed E-state index contributed by atoms with van der Waals surface area (Å²) in [5, 5.41) is 4.29. The molecule has 0 fully saturated rings. The molecule has 0 bridgehead atoms. The van der Waals surface area contributed by atoms with Gasteiger partial charge in [0.05, 0.1) is 6.54 Å². The third kappa shape index (κ3) is 3.29. The number of hydrogen-bond donors (Lipinski definition) is 1. The van der Waals surface area contributed by atoms with Gasteiger partial charge in [-0.15, -0.1) is 0 Å². The van der Waals surface area contributed by atoms with Crippen LogP contribution in [0.25, 0.3) is 0 Å². The van der Waals surface area contributed by atoms with Crippen molar-refractivity contribution in [2.45, 2.75) is 39.8 Å². The average molecular weight is 273 g/mol. The Hall–Kier alpha value is -2.04. The number of nitrogens with two attached hydrogens (primary N) is 1. The van der Waals surface area contributed by atoms with Crippen LogP contribution in [0, 0.1) is 0 Å². The van der Waals surface area contributed by atoms with Crippen LogP contribution in [0.3, 0.4) is 0 Å². The summed E-state index contributed by atoms with van der Waals surface area (Å²) >= 11 is 0. The van der Waals surface area contributed by atoms with Crippen molar-refractivity contribution in [1.29, 1.82) is 0 Å². The number of rotatable bonds is 6. The first-order chi connectivity index (χ1) is 9.61. The Kier molecular flexibility index (Phi) is 4.61. The molecule has 108 valence electrons. The average Bonchev–Trinajstić information content (AvgIpc) is 2.86. The van der Waals surface area contributed by atoms with Gasteiger partial charge < -0.3 is 10.6 Å². The maximum atomic E-state index is 5.88. The summed E-state index contributed by atoms with van der Waals surface area (Å²) in [5.74, 6) is 0.982. The van der Waals surface area contributed by atoms with Gasteiger partial charge in [-0.3, -0.25) is 0 Å². The van der Waals surface area contributed by atoms with Crippen molar-refractivity contribution in [2.75, 3.05) is 17.2 Å². The minimum atomic E-state index is 0.316. The summed E-state index contributed by atoms with van der Waals surface area (Å²) in [7, 11) is 0. The van der Waals surface area contributed by atoms with Crippen LogP contribution in [-0.4, -0.2) is 21.3 Å². The Bertz CT molecular complexity index is 547. The fourth-order valence-corrected chi connectivity index (χ4v) is 2.28. The van der Waals surface area contributed by atoms with Crippen LogP contribution in [0.2, 0.25) is 0 Å². The molecular formula is C15H23N5. The molecule has 1 aromatic heterocycles. The lowest BCUT2D eigenvalue weighted by Gasteiger charge is -2.24. The molecule has 2 rings (SSSR count). The third-order valence-electron chi connectivity index (χ3n) is 3.20. The summed E-state index contributed by atoms with van der Waals surface area (Å²) in [6.07, 6.45) is 2.70. The zero-order chi connectivity index (χ0) is 14.5. The van der Waals surface area contributed by atoms with E-state index in [9.17, 15) is 0 Å². The maximum absolute atomic E-state index is 5.88. The van der Waals surface area contributed by atoms with E-state index in [-0.39, 0.29) is 0 Å². The predicted octanol–water partition coefficient (Wildman–Crippen LogP) is 2.86. The Labute approximate surface area is 120 Å².